The summed E-state index contributed by atoms with van der Waals surface area (Å²) in [5.74, 6) is -5.57. The summed E-state index contributed by atoms with van der Waals surface area (Å²) in [7, 11) is 0. The van der Waals surface area contributed by atoms with E-state index in [4.69, 9.17) is 28.9 Å². The van der Waals surface area contributed by atoms with Crippen LogP contribution in [0.4, 0.5) is 8.78 Å². The van der Waals surface area contributed by atoms with E-state index in [9.17, 15) is 13.6 Å². The molecule has 0 radical (unpaired) electrons. The molecule has 3 nitrogen and oxygen atoms in total. The summed E-state index contributed by atoms with van der Waals surface area (Å²) in [6.45, 7) is 4.47. The maximum Gasteiger partial charge on any atom is 0.379 e. The van der Waals surface area contributed by atoms with Crippen LogP contribution in [0, 0.1) is 0 Å². The van der Waals surface area contributed by atoms with Gasteiger partial charge in [0, 0.05) is 10.0 Å². The lowest BCUT2D eigenvalue weighted by molar-refractivity contribution is -0.186. The van der Waals surface area contributed by atoms with Gasteiger partial charge in [0.15, 0.2) is 0 Å². The molecule has 1 rings (SSSR count). The number of hydrogen-bond donors (Lipinski definition) is 1. The number of benzene rings is 1. The fourth-order valence-corrected chi connectivity index (χ4v) is 1.98. The number of ether oxygens (including phenoxy) is 1. The van der Waals surface area contributed by atoms with Crippen molar-refractivity contribution in [2.24, 2.45) is 5.73 Å². The Labute approximate surface area is 126 Å². The van der Waals surface area contributed by atoms with Gasteiger partial charge in [-0.05, 0) is 44.5 Å². The molecule has 0 spiro atoms. The van der Waals surface area contributed by atoms with Crippen molar-refractivity contribution >= 4 is 29.2 Å². The van der Waals surface area contributed by atoms with Crippen LogP contribution in [0.15, 0.2) is 18.2 Å². The Morgan fingerprint density at radius 3 is 2.05 bits per heavy atom. The molecule has 112 valence electrons. The van der Waals surface area contributed by atoms with Gasteiger partial charge in [-0.2, -0.15) is 8.78 Å². The van der Waals surface area contributed by atoms with Crippen molar-refractivity contribution in [1.82, 2.24) is 0 Å². The topological polar surface area (TPSA) is 52.3 Å². The quantitative estimate of drug-likeness (QED) is 0.855. The zero-order chi connectivity index (χ0) is 15.7. The Bertz CT molecular complexity index is 495. The van der Waals surface area contributed by atoms with Crippen molar-refractivity contribution in [1.29, 1.82) is 0 Å². The van der Waals surface area contributed by atoms with Gasteiger partial charge < -0.3 is 10.5 Å². The van der Waals surface area contributed by atoms with Gasteiger partial charge in [-0.15, -0.1) is 0 Å². The summed E-state index contributed by atoms with van der Waals surface area (Å²) in [6, 6.07) is 1.95. The van der Waals surface area contributed by atoms with E-state index in [1.807, 2.05) is 0 Å². The predicted molar refractivity (Wildman–Crippen MR) is 74.2 cm³/mol. The largest absolute Gasteiger partial charge is 0.455 e. The highest BCUT2D eigenvalue weighted by atomic mass is 35.5. The van der Waals surface area contributed by atoms with E-state index in [2.05, 4.69) is 4.74 Å². The monoisotopic (exact) mass is 325 g/mol. The van der Waals surface area contributed by atoms with Gasteiger partial charge in [-0.1, -0.05) is 23.2 Å². The molecular weight excluding hydrogens is 311 g/mol. The zero-order valence-corrected chi connectivity index (χ0v) is 12.7. The summed E-state index contributed by atoms with van der Waals surface area (Å²) in [4.78, 5) is 11.5. The molecule has 0 aromatic heterocycles. The summed E-state index contributed by atoms with van der Waals surface area (Å²) < 4.78 is 32.7. The second-order valence-electron chi connectivity index (χ2n) is 5.31. The first kappa shape index (κ1) is 17.1. The van der Waals surface area contributed by atoms with Crippen LogP contribution in [0.3, 0.4) is 0 Å². The molecule has 0 fully saturated rings. The second kappa shape index (κ2) is 5.84. The van der Waals surface area contributed by atoms with Gasteiger partial charge in [-0.25, -0.2) is 4.79 Å². The minimum atomic E-state index is -3.89. The first-order chi connectivity index (χ1) is 8.93. The Morgan fingerprint density at radius 2 is 1.65 bits per heavy atom. The molecule has 7 heteroatoms. The SMILES string of the molecule is CC(C)(C)OC(=O)C(F)(F)C(N)c1cc(Cl)cc(Cl)c1. The lowest BCUT2D eigenvalue weighted by Gasteiger charge is -2.27. The van der Waals surface area contributed by atoms with Gasteiger partial charge in [0.2, 0.25) is 0 Å². The van der Waals surface area contributed by atoms with Gasteiger partial charge in [0.1, 0.15) is 11.6 Å². The van der Waals surface area contributed by atoms with E-state index in [1.165, 1.54) is 39.0 Å². The Hall–Kier alpha value is -0.910. The van der Waals surface area contributed by atoms with Crippen molar-refractivity contribution in [3.63, 3.8) is 0 Å². The van der Waals surface area contributed by atoms with Crippen LogP contribution in [0.5, 0.6) is 0 Å². The second-order valence-corrected chi connectivity index (χ2v) is 6.18. The minimum Gasteiger partial charge on any atom is -0.455 e. The van der Waals surface area contributed by atoms with Crippen molar-refractivity contribution in [3.8, 4) is 0 Å². The fraction of sp³-hybridized carbons (Fsp3) is 0.462. The van der Waals surface area contributed by atoms with Crippen molar-refractivity contribution in [2.45, 2.75) is 38.3 Å². The molecule has 0 aliphatic carbocycles. The van der Waals surface area contributed by atoms with Crippen LogP contribution in [-0.4, -0.2) is 17.5 Å². The van der Waals surface area contributed by atoms with Crippen molar-refractivity contribution < 1.29 is 18.3 Å². The number of carbonyl (C=O) groups is 1. The summed E-state index contributed by atoms with van der Waals surface area (Å²) in [5, 5.41) is 0.311. The lowest BCUT2D eigenvalue weighted by atomic mass is 10.0. The van der Waals surface area contributed by atoms with Crippen molar-refractivity contribution in [2.75, 3.05) is 0 Å². The average Bonchev–Trinajstić information content (AvgIpc) is 2.24. The van der Waals surface area contributed by atoms with Crippen LogP contribution in [0.2, 0.25) is 10.0 Å². The highest BCUT2D eigenvalue weighted by Gasteiger charge is 2.49. The van der Waals surface area contributed by atoms with Crippen LogP contribution in [-0.2, 0) is 9.53 Å². The number of carbonyl (C=O) groups excluding carboxylic acids is 1. The molecule has 0 bridgehead atoms. The summed E-state index contributed by atoms with van der Waals surface area (Å²) in [5.41, 5.74) is 4.38. The predicted octanol–water partition coefficient (Wildman–Crippen LogP) is 3.97. The molecule has 1 unspecified atom stereocenters. The Balaban J connectivity index is 3.04. The molecule has 0 saturated carbocycles. The zero-order valence-electron chi connectivity index (χ0n) is 11.2. The third-order valence-corrected chi connectivity index (χ3v) is 2.74. The normalized spacial score (nSPS) is 14.0. The number of halogens is 4. The van der Waals surface area contributed by atoms with Crippen molar-refractivity contribution in [3.05, 3.63) is 33.8 Å². The molecule has 2 N–H and O–H groups in total. The molecule has 0 aliphatic rings. The third-order valence-electron chi connectivity index (χ3n) is 2.31. The third kappa shape index (κ3) is 4.30. The van der Waals surface area contributed by atoms with E-state index in [0.717, 1.165) is 0 Å². The highest BCUT2D eigenvalue weighted by Crippen LogP contribution is 2.34. The summed E-state index contributed by atoms with van der Waals surface area (Å²) in [6.07, 6.45) is 0. The molecule has 0 heterocycles. The van der Waals surface area contributed by atoms with Crippen LogP contribution in [0.1, 0.15) is 32.4 Å². The molecule has 0 saturated heterocycles. The molecular formula is C13H15Cl2F2NO2. The van der Waals surface area contributed by atoms with E-state index < -0.39 is 23.5 Å². The maximum atomic E-state index is 14.0. The molecule has 0 amide bonds. The van der Waals surface area contributed by atoms with Crippen LogP contribution in [0.25, 0.3) is 0 Å². The van der Waals surface area contributed by atoms with E-state index >= 15 is 0 Å². The van der Waals surface area contributed by atoms with E-state index in [0.29, 0.717) is 0 Å². The number of rotatable bonds is 3. The van der Waals surface area contributed by atoms with E-state index in [-0.39, 0.29) is 15.6 Å². The highest BCUT2D eigenvalue weighted by molar-refractivity contribution is 6.34. The van der Waals surface area contributed by atoms with E-state index in [1.54, 1.807) is 0 Å². The van der Waals surface area contributed by atoms with Crippen LogP contribution >= 0.6 is 23.2 Å². The molecule has 1 aromatic rings. The average molecular weight is 326 g/mol. The number of alkyl halides is 2. The first-order valence-electron chi connectivity index (χ1n) is 5.76. The van der Waals surface area contributed by atoms with Gasteiger partial charge in [-0.3, -0.25) is 0 Å². The molecule has 0 aliphatic heterocycles. The number of nitrogens with two attached hydrogens (primary N) is 1. The first-order valence-corrected chi connectivity index (χ1v) is 6.52. The summed E-state index contributed by atoms with van der Waals surface area (Å²) >= 11 is 11.5. The molecule has 20 heavy (non-hydrogen) atoms. The number of hydrogen-bond acceptors (Lipinski definition) is 3. The lowest BCUT2D eigenvalue weighted by Crippen LogP contribution is -2.44. The van der Waals surface area contributed by atoms with Gasteiger partial charge in [0.05, 0.1) is 0 Å². The minimum absolute atomic E-state index is 0.0432. The Kier molecular flexibility index (Phi) is 5.00. The number of esters is 1. The van der Waals surface area contributed by atoms with Crippen LogP contribution < -0.4 is 5.73 Å². The molecule has 1 atom stereocenters. The Morgan fingerprint density at radius 1 is 1.20 bits per heavy atom. The van der Waals surface area contributed by atoms with Gasteiger partial charge in [0.25, 0.3) is 0 Å². The van der Waals surface area contributed by atoms with Gasteiger partial charge >= 0.3 is 11.9 Å². The smallest absolute Gasteiger partial charge is 0.379 e. The maximum absolute atomic E-state index is 14.0. The molecule has 1 aromatic carbocycles. The fourth-order valence-electron chi connectivity index (χ4n) is 1.44. The standard InChI is InChI=1S/C13H15Cl2F2NO2/c1-12(2,3)20-11(19)13(16,17)10(18)7-4-8(14)6-9(15)5-7/h4-6,10H,18H2,1-3H3.